The number of hydrogen-bond donors (Lipinski definition) is 1. The van der Waals surface area contributed by atoms with Crippen molar-refractivity contribution in [3.63, 3.8) is 0 Å². The SMILES string of the molecule is CCOc1ccc(C(C)C)cc1S(=O)(=O)Nc1cccnc1. The second kappa shape index (κ2) is 6.79. The van der Waals surface area contributed by atoms with Gasteiger partial charge in [0, 0.05) is 6.20 Å². The molecule has 1 N–H and O–H groups in total. The third-order valence-electron chi connectivity index (χ3n) is 3.14. The Kier molecular flexibility index (Phi) is 5.03. The second-order valence-electron chi connectivity index (χ2n) is 5.14. The minimum atomic E-state index is -3.74. The van der Waals surface area contributed by atoms with Gasteiger partial charge in [0.1, 0.15) is 10.6 Å². The van der Waals surface area contributed by atoms with E-state index in [4.69, 9.17) is 4.74 Å². The molecular formula is C16H20N2O3S. The number of benzene rings is 1. The molecule has 0 atom stereocenters. The molecule has 0 bridgehead atoms. The molecule has 1 aromatic carbocycles. The minimum Gasteiger partial charge on any atom is -0.492 e. The maximum atomic E-state index is 12.7. The van der Waals surface area contributed by atoms with Crippen LogP contribution in [0.1, 0.15) is 32.3 Å². The van der Waals surface area contributed by atoms with Gasteiger partial charge in [-0.3, -0.25) is 9.71 Å². The molecule has 118 valence electrons. The van der Waals surface area contributed by atoms with E-state index in [1.807, 2.05) is 26.8 Å². The van der Waals surface area contributed by atoms with Crippen molar-refractivity contribution in [2.24, 2.45) is 0 Å². The van der Waals surface area contributed by atoms with E-state index in [9.17, 15) is 8.42 Å². The average molecular weight is 320 g/mol. The molecule has 2 rings (SSSR count). The van der Waals surface area contributed by atoms with Gasteiger partial charge in [-0.1, -0.05) is 19.9 Å². The largest absolute Gasteiger partial charge is 0.492 e. The van der Waals surface area contributed by atoms with Crippen LogP contribution in [0.2, 0.25) is 0 Å². The fourth-order valence-corrected chi connectivity index (χ4v) is 3.23. The van der Waals surface area contributed by atoms with Crippen LogP contribution in [0.3, 0.4) is 0 Å². The van der Waals surface area contributed by atoms with Crippen molar-refractivity contribution in [2.45, 2.75) is 31.6 Å². The highest BCUT2D eigenvalue weighted by molar-refractivity contribution is 7.92. The van der Waals surface area contributed by atoms with Crippen molar-refractivity contribution in [3.05, 3.63) is 48.3 Å². The molecule has 1 aromatic heterocycles. The molecule has 0 amide bonds. The number of hydrogen-bond acceptors (Lipinski definition) is 4. The topological polar surface area (TPSA) is 68.3 Å². The van der Waals surface area contributed by atoms with Gasteiger partial charge >= 0.3 is 0 Å². The highest BCUT2D eigenvalue weighted by atomic mass is 32.2. The molecule has 2 aromatic rings. The summed E-state index contributed by atoms with van der Waals surface area (Å²) in [6, 6.07) is 8.58. The number of anilines is 1. The lowest BCUT2D eigenvalue weighted by Crippen LogP contribution is -2.15. The normalized spacial score (nSPS) is 11.5. The molecule has 0 unspecified atom stereocenters. The molecule has 0 aliphatic carbocycles. The van der Waals surface area contributed by atoms with Gasteiger partial charge in [0.25, 0.3) is 10.0 Å². The van der Waals surface area contributed by atoms with Crippen LogP contribution in [0, 0.1) is 0 Å². The van der Waals surface area contributed by atoms with E-state index in [2.05, 4.69) is 9.71 Å². The molecule has 0 aliphatic heterocycles. The number of aromatic nitrogens is 1. The first kappa shape index (κ1) is 16.3. The molecule has 0 fully saturated rings. The zero-order chi connectivity index (χ0) is 16.2. The van der Waals surface area contributed by atoms with Gasteiger partial charge in [0.05, 0.1) is 18.5 Å². The summed E-state index contributed by atoms with van der Waals surface area (Å²) in [6.45, 7) is 6.25. The first-order chi connectivity index (χ1) is 10.4. The molecule has 1 heterocycles. The van der Waals surface area contributed by atoms with Gasteiger partial charge < -0.3 is 4.74 Å². The molecule has 0 saturated carbocycles. The second-order valence-corrected chi connectivity index (χ2v) is 6.79. The molecule has 22 heavy (non-hydrogen) atoms. The van der Waals surface area contributed by atoms with Crippen LogP contribution in [0.25, 0.3) is 0 Å². The summed E-state index contributed by atoms with van der Waals surface area (Å²) in [7, 11) is -3.74. The maximum absolute atomic E-state index is 12.7. The zero-order valence-corrected chi connectivity index (χ0v) is 13.7. The number of sulfonamides is 1. The molecule has 0 radical (unpaired) electrons. The summed E-state index contributed by atoms with van der Waals surface area (Å²) in [5.74, 6) is 0.575. The zero-order valence-electron chi connectivity index (χ0n) is 12.9. The predicted octanol–water partition coefficient (Wildman–Crippen LogP) is 3.40. The maximum Gasteiger partial charge on any atom is 0.265 e. The van der Waals surface area contributed by atoms with E-state index in [0.29, 0.717) is 18.0 Å². The Bertz CT molecular complexity index is 728. The highest BCUT2D eigenvalue weighted by Gasteiger charge is 2.21. The van der Waals surface area contributed by atoms with E-state index >= 15 is 0 Å². The molecule has 0 aliphatic rings. The van der Waals surface area contributed by atoms with Crippen LogP contribution in [0.4, 0.5) is 5.69 Å². The minimum absolute atomic E-state index is 0.143. The summed E-state index contributed by atoms with van der Waals surface area (Å²) in [5.41, 5.74) is 1.36. The first-order valence-electron chi connectivity index (χ1n) is 7.13. The number of nitrogens with one attached hydrogen (secondary N) is 1. The van der Waals surface area contributed by atoms with Crippen molar-refractivity contribution in [2.75, 3.05) is 11.3 Å². The summed E-state index contributed by atoms with van der Waals surface area (Å²) in [6.07, 6.45) is 3.05. The lowest BCUT2D eigenvalue weighted by Gasteiger charge is -2.15. The van der Waals surface area contributed by atoms with E-state index < -0.39 is 10.0 Å². The van der Waals surface area contributed by atoms with Crippen molar-refractivity contribution in [1.29, 1.82) is 0 Å². The van der Waals surface area contributed by atoms with Gasteiger partial charge in [-0.05, 0) is 42.7 Å². The monoisotopic (exact) mass is 320 g/mol. The third-order valence-corrected chi connectivity index (χ3v) is 4.54. The Morgan fingerprint density at radius 3 is 2.64 bits per heavy atom. The molecule has 0 spiro atoms. The summed E-state index contributed by atoms with van der Waals surface area (Å²) in [5, 5.41) is 0. The van der Waals surface area contributed by atoms with E-state index in [1.54, 1.807) is 30.5 Å². The Morgan fingerprint density at radius 1 is 1.27 bits per heavy atom. The molecule has 0 saturated heterocycles. The van der Waals surface area contributed by atoms with Crippen LogP contribution in [0.5, 0.6) is 5.75 Å². The lowest BCUT2D eigenvalue weighted by atomic mass is 10.0. The number of pyridine rings is 1. The number of ether oxygens (including phenoxy) is 1. The lowest BCUT2D eigenvalue weighted by molar-refractivity contribution is 0.331. The van der Waals surface area contributed by atoms with Crippen LogP contribution >= 0.6 is 0 Å². The van der Waals surface area contributed by atoms with Gasteiger partial charge in [0.15, 0.2) is 0 Å². The number of rotatable bonds is 6. The van der Waals surface area contributed by atoms with Crippen LogP contribution in [-0.2, 0) is 10.0 Å². The molecular weight excluding hydrogens is 300 g/mol. The van der Waals surface area contributed by atoms with Crippen molar-refractivity contribution >= 4 is 15.7 Å². The first-order valence-corrected chi connectivity index (χ1v) is 8.62. The van der Waals surface area contributed by atoms with Crippen LogP contribution in [0.15, 0.2) is 47.6 Å². The van der Waals surface area contributed by atoms with Gasteiger partial charge in [-0.25, -0.2) is 8.42 Å². The Morgan fingerprint density at radius 2 is 2.05 bits per heavy atom. The van der Waals surface area contributed by atoms with Crippen molar-refractivity contribution in [1.82, 2.24) is 4.98 Å². The van der Waals surface area contributed by atoms with E-state index in [-0.39, 0.29) is 10.8 Å². The predicted molar refractivity (Wildman–Crippen MR) is 86.7 cm³/mol. The van der Waals surface area contributed by atoms with Gasteiger partial charge in [-0.15, -0.1) is 0 Å². The van der Waals surface area contributed by atoms with Crippen LogP contribution < -0.4 is 9.46 Å². The quantitative estimate of drug-likeness (QED) is 0.885. The smallest absolute Gasteiger partial charge is 0.265 e. The van der Waals surface area contributed by atoms with Gasteiger partial charge in [0.2, 0.25) is 0 Å². The fourth-order valence-electron chi connectivity index (χ4n) is 2.00. The third kappa shape index (κ3) is 3.76. The Labute approximate surface area is 131 Å². The van der Waals surface area contributed by atoms with E-state index in [1.165, 1.54) is 6.20 Å². The van der Waals surface area contributed by atoms with Crippen LogP contribution in [-0.4, -0.2) is 20.0 Å². The number of nitrogens with zero attached hydrogens (tertiary/aromatic N) is 1. The van der Waals surface area contributed by atoms with E-state index in [0.717, 1.165) is 5.56 Å². The van der Waals surface area contributed by atoms with Gasteiger partial charge in [-0.2, -0.15) is 0 Å². The summed E-state index contributed by atoms with van der Waals surface area (Å²) < 4.78 is 33.3. The average Bonchev–Trinajstić information content (AvgIpc) is 2.48. The standard InChI is InChI=1S/C16H20N2O3S/c1-4-21-15-8-7-13(12(2)3)10-16(15)22(19,20)18-14-6-5-9-17-11-14/h5-12,18H,4H2,1-3H3. The Hall–Kier alpha value is -2.08. The van der Waals surface area contributed by atoms with Crippen molar-refractivity contribution < 1.29 is 13.2 Å². The summed E-state index contributed by atoms with van der Waals surface area (Å²) in [4.78, 5) is 4.05. The highest BCUT2D eigenvalue weighted by Crippen LogP contribution is 2.29. The van der Waals surface area contributed by atoms with Crippen molar-refractivity contribution in [3.8, 4) is 5.75 Å². The molecule has 6 heteroatoms. The fraction of sp³-hybridized carbons (Fsp3) is 0.312. The summed E-state index contributed by atoms with van der Waals surface area (Å²) >= 11 is 0. The molecule has 5 nitrogen and oxygen atoms in total. The Balaban J connectivity index is 2.45.